The molecule has 1 aliphatic heterocycles. The van der Waals surface area contributed by atoms with E-state index in [2.05, 4.69) is 45.3 Å². The van der Waals surface area contributed by atoms with Crippen LogP contribution >= 0.6 is 0 Å². The molecule has 1 aliphatic carbocycles. The maximum atomic E-state index is 12.5. The minimum atomic E-state index is 0.115. The van der Waals surface area contributed by atoms with E-state index in [1.807, 2.05) is 13.1 Å². The number of anilines is 4. The lowest BCUT2D eigenvalue weighted by Gasteiger charge is -2.30. The number of rotatable bonds is 3. The number of nitrogens with zero attached hydrogens (tertiary/aromatic N) is 4. The van der Waals surface area contributed by atoms with Crippen LogP contribution in [-0.2, 0) is 4.79 Å². The molecule has 0 atom stereocenters. The van der Waals surface area contributed by atoms with Crippen LogP contribution in [-0.4, -0.2) is 40.5 Å². The predicted octanol–water partition coefficient (Wildman–Crippen LogP) is 4.13. The molecule has 3 aromatic rings. The van der Waals surface area contributed by atoms with Crippen molar-refractivity contribution >= 4 is 40.0 Å². The predicted molar refractivity (Wildman–Crippen MR) is 116 cm³/mol. The van der Waals surface area contributed by atoms with Crippen LogP contribution in [0.1, 0.15) is 37.8 Å². The molecule has 2 N–H and O–H groups in total. The van der Waals surface area contributed by atoms with Crippen LogP contribution in [0.3, 0.4) is 0 Å². The molecule has 29 heavy (non-hydrogen) atoms. The zero-order valence-electron chi connectivity index (χ0n) is 16.9. The van der Waals surface area contributed by atoms with Crippen LogP contribution in [0.25, 0.3) is 10.9 Å². The number of hydrogen-bond donors (Lipinski definition) is 2. The first-order valence-electron chi connectivity index (χ1n) is 10.3. The summed E-state index contributed by atoms with van der Waals surface area (Å²) in [7, 11) is 1.82. The summed E-state index contributed by atoms with van der Waals surface area (Å²) in [6, 6.07) is 8.76. The van der Waals surface area contributed by atoms with Crippen molar-refractivity contribution in [1.82, 2.24) is 15.0 Å². The monoisotopic (exact) mass is 390 g/mol. The number of hydrogen-bond acceptors (Lipinski definition) is 5. The molecule has 7 nitrogen and oxygen atoms in total. The van der Waals surface area contributed by atoms with E-state index in [0.717, 1.165) is 46.6 Å². The number of amides is 1. The Kier molecular flexibility index (Phi) is 4.38. The second-order valence-corrected chi connectivity index (χ2v) is 8.12. The van der Waals surface area contributed by atoms with E-state index in [1.165, 1.54) is 12.8 Å². The molecule has 0 bridgehead atoms. The first kappa shape index (κ1) is 18.0. The van der Waals surface area contributed by atoms with Crippen molar-refractivity contribution in [2.24, 2.45) is 0 Å². The van der Waals surface area contributed by atoms with E-state index >= 15 is 0 Å². The SMILES string of the molecule is Cc1cc2cc(Nc3ncc4c(n3)N(C3CCCC3)CCC(=O)N4C)ccc2[nH]1. The van der Waals surface area contributed by atoms with Crippen molar-refractivity contribution in [3.05, 3.63) is 36.2 Å². The molecule has 0 unspecified atom stereocenters. The van der Waals surface area contributed by atoms with Crippen LogP contribution in [0.2, 0.25) is 0 Å². The fourth-order valence-corrected chi connectivity index (χ4v) is 4.55. The van der Waals surface area contributed by atoms with Gasteiger partial charge in [0.2, 0.25) is 11.9 Å². The molecule has 1 amide bonds. The normalized spacial score (nSPS) is 17.7. The molecular weight excluding hydrogens is 364 g/mol. The lowest BCUT2D eigenvalue weighted by molar-refractivity contribution is -0.118. The Hall–Kier alpha value is -3.09. The lowest BCUT2D eigenvalue weighted by atomic mass is 10.2. The van der Waals surface area contributed by atoms with Crippen LogP contribution in [0.4, 0.5) is 23.1 Å². The number of nitrogens with one attached hydrogen (secondary N) is 2. The van der Waals surface area contributed by atoms with Crippen molar-refractivity contribution in [1.29, 1.82) is 0 Å². The minimum Gasteiger partial charge on any atom is -0.359 e. The first-order valence-corrected chi connectivity index (χ1v) is 10.3. The Morgan fingerprint density at radius 3 is 2.86 bits per heavy atom. The van der Waals surface area contributed by atoms with E-state index in [-0.39, 0.29) is 5.91 Å². The van der Waals surface area contributed by atoms with Crippen molar-refractivity contribution in [3.63, 3.8) is 0 Å². The zero-order valence-corrected chi connectivity index (χ0v) is 16.9. The van der Waals surface area contributed by atoms with Gasteiger partial charge in [0.1, 0.15) is 5.69 Å². The highest BCUT2D eigenvalue weighted by Gasteiger charge is 2.31. The van der Waals surface area contributed by atoms with Crippen LogP contribution < -0.4 is 15.1 Å². The molecule has 150 valence electrons. The second kappa shape index (κ2) is 7.06. The number of benzene rings is 1. The number of fused-ring (bicyclic) bond motifs is 2. The van der Waals surface area contributed by atoms with Gasteiger partial charge in [0.15, 0.2) is 5.82 Å². The Balaban J connectivity index is 1.50. The smallest absolute Gasteiger partial charge is 0.229 e. The first-order chi connectivity index (χ1) is 14.1. The average molecular weight is 390 g/mol. The molecule has 2 aliphatic rings. The maximum absolute atomic E-state index is 12.5. The van der Waals surface area contributed by atoms with E-state index in [4.69, 9.17) is 4.98 Å². The molecule has 3 heterocycles. The van der Waals surface area contributed by atoms with Gasteiger partial charge < -0.3 is 20.1 Å². The van der Waals surface area contributed by atoms with Crippen molar-refractivity contribution in [3.8, 4) is 0 Å². The number of carbonyl (C=O) groups excluding carboxylic acids is 1. The second-order valence-electron chi connectivity index (χ2n) is 8.12. The topological polar surface area (TPSA) is 77.2 Å². The Morgan fingerprint density at radius 1 is 1.21 bits per heavy atom. The summed E-state index contributed by atoms with van der Waals surface area (Å²) in [4.78, 5) is 29.2. The van der Waals surface area contributed by atoms with Gasteiger partial charge in [-0.1, -0.05) is 12.8 Å². The summed E-state index contributed by atoms with van der Waals surface area (Å²) >= 11 is 0. The lowest BCUT2D eigenvalue weighted by Crippen LogP contribution is -2.34. The minimum absolute atomic E-state index is 0.115. The summed E-state index contributed by atoms with van der Waals surface area (Å²) < 4.78 is 0. The third-order valence-electron chi connectivity index (χ3n) is 6.10. The van der Waals surface area contributed by atoms with Gasteiger partial charge >= 0.3 is 0 Å². The molecule has 0 saturated heterocycles. The number of H-pyrrole nitrogens is 1. The van der Waals surface area contributed by atoms with Crippen molar-refractivity contribution in [2.45, 2.75) is 45.1 Å². The summed E-state index contributed by atoms with van der Waals surface area (Å²) in [5, 5.41) is 4.50. The van der Waals surface area contributed by atoms with Gasteiger partial charge in [0.05, 0.1) is 6.20 Å². The number of aromatic nitrogens is 3. The molecule has 1 saturated carbocycles. The van der Waals surface area contributed by atoms with Crippen molar-refractivity contribution in [2.75, 3.05) is 28.7 Å². The van der Waals surface area contributed by atoms with E-state index in [9.17, 15) is 4.79 Å². The zero-order chi connectivity index (χ0) is 20.0. The van der Waals surface area contributed by atoms with E-state index < -0.39 is 0 Å². The van der Waals surface area contributed by atoms with Gasteiger partial charge in [-0.15, -0.1) is 0 Å². The third kappa shape index (κ3) is 3.30. The fraction of sp³-hybridized carbons (Fsp3) is 0.409. The van der Waals surface area contributed by atoms with Crippen molar-refractivity contribution < 1.29 is 4.79 Å². The molecule has 2 aromatic heterocycles. The Bertz CT molecular complexity index is 1070. The Labute approximate surface area is 170 Å². The summed E-state index contributed by atoms with van der Waals surface area (Å²) in [5.41, 5.74) is 3.99. The molecule has 0 radical (unpaired) electrons. The van der Waals surface area contributed by atoms with Crippen LogP contribution in [0, 0.1) is 6.92 Å². The van der Waals surface area contributed by atoms with Crippen LogP contribution in [0.15, 0.2) is 30.5 Å². The Morgan fingerprint density at radius 2 is 2.03 bits per heavy atom. The maximum Gasteiger partial charge on any atom is 0.229 e. The quantitative estimate of drug-likeness (QED) is 0.703. The molecule has 1 fully saturated rings. The highest BCUT2D eigenvalue weighted by Crippen LogP contribution is 2.36. The average Bonchev–Trinajstić information content (AvgIpc) is 3.34. The highest BCUT2D eigenvalue weighted by molar-refractivity contribution is 5.97. The largest absolute Gasteiger partial charge is 0.359 e. The number of aryl methyl sites for hydroxylation is 1. The summed E-state index contributed by atoms with van der Waals surface area (Å²) in [6.07, 6.45) is 7.09. The number of carbonyl (C=O) groups is 1. The van der Waals surface area contributed by atoms with Gasteiger partial charge in [-0.25, -0.2) is 4.98 Å². The van der Waals surface area contributed by atoms with Gasteiger partial charge in [0.25, 0.3) is 0 Å². The van der Waals surface area contributed by atoms with E-state index in [0.29, 0.717) is 25.0 Å². The van der Waals surface area contributed by atoms with Gasteiger partial charge in [0, 0.05) is 48.3 Å². The van der Waals surface area contributed by atoms with E-state index in [1.54, 1.807) is 11.1 Å². The standard InChI is InChI=1S/C22H26N6O/c1-14-11-15-12-16(7-8-18(15)24-14)25-22-23-13-19-21(26-22)28(17-5-3-4-6-17)10-9-20(29)27(19)2/h7-8,11-13,17,24H,3-6,9-10H2,1-2H3,(H,23,25,26). The number of aromatic amines is 1. The molecule has 5 rings (SSSR count). The molecular formula is C22H26N6O. The highest BCUT2D eigenvalue weighted by atomic mass is 16.2. The summed E-state index contributed by atoms with van der Waals surface area (Å²) in [5.74, 6) is 1.53. The third-order valence-corrected chi connectivity index (χ3v) is 6.10. The van der Waals surface area contributed by atoms with Gasteiger partial charge in [-0.2, -0.15) is 4.98 Å². The van der Waals surface area contributed by atoms with Gasteiger partial charge in [-0.3, -0.25) is 4.79 Å². The van der Waals surface area contributed by atoms with Crippen LogP contribution in [0.5, 0.6) is 0 Å². The fourth-order valence-electron chi connectivity index (χ4n) is 4.55. The molecule has 1 aromatic carbocycles. The van der Waals surface area contributed by atoms with Gasteiger partial charge in [-0.05, 0) is 44.0 Å². The molecule has 7 heteroatoms. The molecule has 0 spiro atoms. The summed E-state index contributed by atoms with van der Waals surface area (Å²) in [6.45, 7) is 2.77.